The average Bonchev–Trinajstić information content (AvgIpc) is 3.54. The zero-order valence-electron chi connectivity index (χ0n) is 30.3. The van der Waals surface area contributed by atoms with E-state index < -0.39 is 28.6 Å². The van der Waals surface area contributed by atoms with E-state index >= 15 is 0 Å². The van der Waals surface area contributed by atoms with Crippen LogP contribution in [0.5, 0.6) is 0 Å². The standard InChI is InChI=1S/C43H60O6/c1-31(14-12-18-32-16-6-4-7-17-32)15-13-25-42-36(44)23-26-41(3,34-19-8-5-9-20-34)39(42)35-29-40(2,24-11-10-21-37(45)49-35)43(42,47)27-22-33-28-38(46)48-30-33/h4,6-7,16-17,28,31,34-36,39,44,47H,5,8-10,12-15,18-23,25-27,29-30H2,1-3H3/t31-,35-,36+,39+,40+,41+,42+,43-/m1/s1. The van der Waals surface area contributed by atoms with Crippen LogP contribution in [-0.4, -0.2) is 46.6 Å². The first-order chi connectivity index (χ1) is 23.5. The fourth-order valence-electron chi connectivity index (χ4n) is 11.4. The fourth-order valence-corrected chi connectivity index (χ4v) is 11.4. The number of aliphatic hydroxyl groups is 2. The lowest BCUT2D eigenvalue weighted by Crippen LogP contribution is -2.76. The number of fused-ring (bicyclic) bond motifs is 4. The molecule has 2 heterocycles. The molecule has 5 aliphatic rings. The molecule has 1 aromatic carbocycles. The van der Waals surface area contributed by atoms with Gasteiger partial charge < -0.3 is 19.7 Å². The Morgan fingerprint density at radius 3 is 2.47 bits per heavy atom. The number of carbonyl (C=O) groups is 2. The highest BCUT2D eigenvalue weighted by molar-refractivity contribution is 5.85. The minimum Gasteiger partial charge on any atom is -0.462 e. The molecule has 3 fully saturated rings. The monoisotopic (exact) mass is 672 g/mol. The van der Waals surface area contributed by atoms with Gasteiger partial charge in [0.15, 0.2) is 0 Å². The van der Waals surface area contributed by atoms with E-state index in [1.54, 1.807) is 6.08 Å². The van der Waals surface area contributed by atoms with E-state index in [0.717, 1.165) is 56.9 Å². The minimum absolute atomic E-state index is 0.197. The van der Waals surface area contributed by atoms with Crippen LogP contribution in [0, 0.1) is 45.8 Å². The average molecular weight is 673 g/mol. The molecule has 268 valence electrons. The molecule has 8 atom stereocenters. The molecule has 0 aromatic heterocycles. The Hall–Kier alpha value is -2.62. The van der Waals surface area contributed by atoms with Gasteiger partial charge in [-0.25, -0.2) is 4.79 Å². The van der Waals surface area contributed by atoms with Crippen LogP contribution in [0.4, 0.5) is 0 Å². The highest BCUT2D eigenvalue weighted by Gasteiger charge is 2.75. The van der Waals surface area contributed by atoms with E-state index in [1.165, 1.54) is 24.8 Å². The van der Waals surface area contributed by atoms with Crippen LogP contribution >= 0.6 is 0 Å². The Labute approximate surface area is 294 Å². The van der Waals surface area contributed by atoms with Gasteiger partial charge in [-0.05, 0) is 93.1 Å². The molecule has 0 spiro atoms. The molecule has 3 saturated carbocycles. The maximum Gasteiger partial charge on any atom is 0.331 e. The maximum atomic E-state index is 13.8. The SMILES string of the molecule is C[C@H](CCCc1ccccc1)CCC[C@]12[C@@H]([C@H]3C[C@](C)(C#CCCC(=O)O3)[C@]1(O)CCC1=CC(=O)OC1)[C@](C)(C1CCCCC1)CC[C@@H]2O. The first kappa shape index (κ1) is 36.2. The van der Waals surface area contributed by atoms with Crippen molar-refractivity contribution < 1.29 is 29.3 Å². The van der Waals surface area contributed by atoms with Crippen molar-refractivity contribution >= 4 is 11.9 Å². The van der Waals surface area contributed by atoms with Gasteiger partial charge in [-0.15, -0.1) is 5.92 Å². The summed E-state index contributed by atoms with van der Waals surface area (Å²) < 4.78 is 11.8. The van der Waals surface area contributed by atoms with Gasteiger partial charge in [0.1, 0.15) is 12.7 Å². The lowest BCUT2D eigenvalue weighted by Gasteiger charge is -2.71. The molecule has 2 N–H and O–H groups in total. The molecule has 0 unspecified atom stereocenters. The largest absolute Gasteiger partial charge is 0.462 e. The normalized spacial score (nSPS) is 36.9. The summed E-state index contributed by atoms with van der Waals surface area (Å²) in [4.78, 5) is 25.4. The Morgan fingerprint density at radius 1 is 0.980 bits per heavy atom. The minimum atomic E-state index is -1.37. The van der Waals surface area contributed by atoms with E-state index in [1.807, 2.05) is 0 Å². The summed E-state index contributed by atoms with van der Waals surface area (Å²) in [5.74, 6) is 7.03. The number of hydrogen-bond acceptors (Lipinski definition) is 6. The number of hydrogen-bond donors (Lipinski definition) is 2. The van der Waals surface area contributed by atoms with Gasteiger partial charge >= 0.3 is 11.9 Å². The van der Waals surface area contributed by atoms with Crippen LogP contribution in [0.2, 0.25) is 0 Å². The fraction of sp³-hybridized carbons (Fsp3) is 0.721. The summed E-state index contributed by atoms with van der Waals surface area (Å²) in [6.07, 6.45) is 15.6. The number of ether oxygens (including phenoxy) is 2. The summed E-state index contributed by atoms with van der Waals surface area (Å²) in [7, 11) is 0. The van der Waals surface area contributed by atoms with Crippen LogP contribution in [0.1, 0.15) is 135 Å². The summed E-state index contributed by atoms with van der Waals surface area (Å²) in [6, 6.07) is 10.7. The number of rotatable bonds is 12. The van der Waals surface area contributed by atoms with Crippen LogP contribution < -0.4 is 0 Å². The molecular formula is C43H60O6. The number of cyclic esters (lactones) is 1. The van der Waals surface area contributed by atoms with Gasteiger partial charge in [0.05, 0.1) is 23.5 Å². The Bertz CT molecular complexity index is 1420. The molecule has 2 bridgehead atoms. The van der Waals surface area contributed by atoms with Gasteiger partial charge in [0, 0.05) is 30.3 Å². The highest BCUT2D eigenvalue weighted by atomic mass is 16.5. The van der Waals surface area contributed by atoms with Crippen molar-refractivity contribution in [2.45, 2.75) is 154 Å². The van der Waals surface area contributed by atoms with E-state index in [2.05, 4.69) is 62.9 Å². The highest BCUT2D eigenvalue weighted by Crippen LogP contribution is 2.71. The maximum absolute atomic E-state index is 13.8. The van der Waals surface area contributed by atoms with Crippen molar-refractivity contribution in [3.63, 3.8) is 0 Å². The van der Waals surface area contributed by atoms with Crippen molar-refractivity contribution in [1.29, 1.82) is 0 Å². The van der Waals surface area contributed by atoms with Crippen molar-refractivity contribution in [2.24, 2.45) is 34.0 Å². The van der Waals surface area contributed by atoms with Crippen molar-refractivity contribution in [1.82, 2.24) is 0 Å². The zero-order chi connectivity index (χ0) is 34.7. The van der Waals surface area contributed by atoms with E-state index in [4.69, 9.17) is 9.47 Å². The van der Waals surface area contributed by atoms with Crippen molar-refractivity contribution in [3.05, 3.63) is 47.5 Å². The number of esters is 2. The predicted octanol–water partition coefficient (Wildman–Crippen LogP) is 8.27. The zero-order valence-corrected chi connectivity index (χ0v) is 30.3. The number of aryl methyl sites for hydroxylation is 1. The Balaban J connectivity index is 1.38. The van der Waals surface area contributed by atoms with Gasteiger partial charge in [-0.1, -0.05) is 88.6 Å². The molecule has 0 amide bonds. The van der Waals surface area contributed by atoms with E-state index in [0.29, 0.717) is 50.4 Å². The number of carbonyl (C=O) groups excluding carboxylic acids is 2. The third-order valence-electron chi connectivity index (χ3n) is 13.9. The number of aliphatic hydroxyl groups excluding tert-OH is 1. The van der Waals surface area contributed by atoms with E-state index in [-0.39, 0.29) is 36.3 Å². The third-order valence-corrected chi connectivity index (χ3v) is 13.9. The Kier molecular flexibility index (Phi) is 11.0. The smallest absolute Gasteiger partial charge is 0.331 e. The second-order valence-corrected chi connectivity index (χ2v) is 16.9. The summed E-state index contributed by atoms with van der Waals surface area (Å²) >= 11 is 0. The van der Waals surface area contributed by atoms with Crippen LogP contribution in [0.15, 0.2) is 42.0 Å². The first-order valence-electron chi connectivity index (χ1n) is 19.5. The van der Waals surface area contributed by atoms with Gasteiger partial charge in [0.2, 0.25) is 0 Å². The molecule has 3 aliphatic carbocycles. The quantitative estimate of drug-likeness (QED) is 0.172. The van der Waals surface area contributed by atoms with Gasteiger partial charge in [0.25, 0.3) is 0 Å². The lowest BCUT2D eigenvalue weighted by atomic mass is 9.35. The first-order valence-corrected chi connectivity index (χ1v) is 19.5. The second kappa shape index (κ2) is 14.9. The topological polar surface area (TPSA) is 93.1 Å². The molecule has 49 heavy (non-hydrogen) atoms. The Morgan fingerprint density at radius 2 is 1.73 bits per heavy atom. The summed E-state index contributed by atoms with van der Waals surface area (Å²) in [5, 5.41) is 26.4. The lowest BCUT2D eigenvalue weighted by molar-refractivity contribution is -0.314. The van der Waals surface area contributed by atoms with Crippen LogP contribution in [0.25, 0.3) is 0 Å². The van der Waals surface area contributed by atoms with E-state index in [9.17, 15) is 19.8 Å². The van der Waals surface area contributed by atoms with Gasteiger partial charge in [-0.2, -0.15) is 0 Å². The summed E-state index contributed by atoms with van der Waals surface area (Å²) in [6.45, 7) is 7.04. The molecule has 0 radical (unpaired) electrons. The molecule has 0 saturated heterocycles. The molecule has 2 aliphatic heterocycles. The molecule has 1 aromatic rings. The summed E-state index contributed by atoms with van der Waals surface area (Å²) in [5.41, 5.74) is -1.15. The van der Waals surface area contributed by atoms with Crippen molar-refractivity contribution in [3.8, 4) is 11.8 Å². The molecular weight excluding hydrogens is 612 g/mol. The molecule has 6 nitrogen and oxygen atoms in total. The van der Waals surface area contributed by atoms with Crippen LogP contribution in [0.3, 0.4) is 0 Å². The van der Waals surface area contributed by atoms with Crippen LogP contribution in [-0.2, 0) is 25.5 Å². The number of benzene rings is 1. The van der Waals surface area contributed by atoms with Crippen molar-refractivity contribution in [2.75, 3.05) is 6.61 Å². The van der Waals surface area contributed by atoms with Gasteiger partial charge in [-0.3, -0.25) is 4.79 Å². The molecule has 6 heteroatoms. The third kappa shape index (κ3) is 7.01. The second-order valence-electron chi connectivity index (χ2n) is 16.9. The predicted molar refractivity (Wildman–Crippen MR) is 191 cm³/mol. The molecule has 6 rings (SSSR count).